The molecule has 194 valence electrons. The van der Waals surface area contributed by atoms with Gasteiger partial charge in [0.25, 0.3) is 0 Å². The van der Waals surface area contributed by atoms with Gasteiger partial charge in [-0.05, 0) is 20.8 Å². The van der Waals surface area contributed by atoms with Crippen molar-refractivity contribution in [2.45, 2.75) is 58.0 Å². The first-order valence-electron chi connectivity index (χ1n) is 11.6. The molecule has 3 fully saturated rings. The van der Waals surface area contributed by atoms with E-state index < -0.39 is 5.41 Å². The third-order valence-corrected chi connectivity index (χ3v) is 5.59. The van der Waals surface area contributed by atoms with Gasteiger partial charge in [-0.2, -0.15) is 0 Å². The van der Waals surface area contributed by atoms with Crippen LogP contribution in [0.1, 0.15) is 20.8 Å². The average molecular weight is 481 g/mol. The van der Waals surface area contributed by atoms with E-state index in [1.54, 1.807) is 7.11 Å². The van der Waals surface area contributed by atoms with Gasteiger partial charge in [0.2, 0.25) is 0 Å². The summed E-state index contributed by atoms with van der Waals surface area (Å²) in [6.07, 6.45) is -1.25. The Morgan fingerprint density at radius 1 is 0.576 bits per heavy atom. The van der Waals surface area contributed by atoms with Crippen LogP contribution in [0.15, 0.2) is 0 Å². The van der Waals surface area contributed by atoms with Crippen LogP contribution in [0.3, 0.4) is 0 Å². The quantitative estimate of drug-likeness (QED) is 0.278. The fourth-order valence-corrected chi connectivity index (χ4v) is 3.51. The van der Waals surface area contributed by atoms with Gasteiger partial charge in [0.05, 0.1) is 71.5 Å². The summed E-state index contributed by atoms with van der Waals surface area (Å²) >= 11 is 0. The maximum absolute atomic E-state index is 6.19. The molecule has 0 unspecified atom stereocenters. The van der Waals surface area contributed by atoms with Gasteiger partial charge < -0.3 is 52.1 Å². The normalized spacial score (nSPS) is 35.3. The van der Waals surface area contributed by atoms with E-state index >= 15 is 0 Å². The number of hydrogen-bond acceptors (Lipinski definition) is 11. The van der Waals surface area contributed by atoms with Crippen LogP contribution in [0.4, 0.5) is 0 Å². The van der Waals surface area contributed by atoms with Gasteiger partial charge in [0.15, 0.2) is 18.9 Å². The maximum Gasteiger partial charge on any atom is 0.155 e. The summed E-state index contributed by atoms with van der Waals surface area (Å²) in [5.41, 5.74) is -0.617. The molecule has 0 spiro atoms. The van der Waals surface area contributed by atoms with Gasteiger partial charge in [0.1, 0.15) is 25.1 Å². The van der Waals surface area contributed by atoms with Crippen molar-refractivity contribution < 1.29 is 52.1 Å². The van der Waals surface area contributed by atoms with Crippen LogP contribution in [0.5, 0.6) is 0 Å². The molecule has 0 aromatic heterocycles. The fourth-order valence-electron chi connectivity index (χ4n) is 3.51. The van der Waals surface area contributed by atoms with Crippen LogP contribution in [0, 0.1) is 5.41 Å². The Labute approximate surface area is 196 Å². The zero-order valence-corrected chi connectivity index (χ0v) is 20.2. The Morgan fingerprint density at radius 2 is 0.909 bits per heavy atom. The van der Waals surface area contributed by atoms with E-state index in [-0.39, 0.29) is 44.0 Å². The van der Waals surface area contributed by atoms with Gasteiger partial charge in [-0.3, -0.25) is 0 Å². The highest BCUT2D eigenvalue weighted by Crippen LogP contribution is 2.25. The third kappa shape index (κ3) is 9.61. The van der Waals surface area contributed by atoms with Crippen molar-refractivity contribution in [2.75, 3.05) is 80.0 Å². The molecule has 3 aliphatic rings. The molecule has 0 bridgehead atoms. The summed E-state index contributed by atoms with van der Waals surface area (Å²) in [6, 6.07) is 0. The molecular formula is C22H40O11. The number of ether oxygens (including phenoxy) is 11. The number of rotatable bonds is 13. The summed E-state index contributed by atoms with van der Waals surface area (Å²) in [6.45, 7) is 9.77. The molecule has 3 saturated heterocycles. The van der Waals surface area contributed by atoms with Crippen LogP contribution in [-0.2, 0) is 52.1 Å². The van der Waals surface area contributed by atoms with Gasteiger partial charge in [-0.15, -0.1) is 0 Å². The highest BCUT2D eigenvalue weighted by Gasteiger charge is 2.37. The monoisotopic (exact) mass is 480 g/mol. The van der Waals surface area contributed by atoms with E-state index in [4.69, 9.17) is 52.1 Å². The Balaban J connectivity index is 1.61. The van der Waals surface area contributed by atoms with Crippen molar-refractivity contribution in [1.29, 1.82) is 0 Å². The fraction of sp³-hybridized carbons (Fsp3) is 1.00. The van der Waals surface area contributed by atoms with Crippen LogP contribution >= 0.6 is 0 Å². The minimum atomic E-state index is -0.617. The molecule has 0 N–H and O–H groups in total. The molecular weight excluding hydrogens is 440 g/mol. The van der Waals surface area contributed by atoms with Gasteiger partial charge in [-0.25, -0.2) is 0 Å². The molecule has 0 amide bonds. The second kappa shape index (κ2) is 14.2. The molecule has 0 radical (unpaired) electrons. The Hall–Kier alpha value is -0.440. The van der Waals surface area contributed by atoms with Crippen LogP contribution < -0.4 is 0 Å². The Kier molecular flexibility index (Phi) is 11.7. The van der Waals surface area contributed by atoms with Crippen LogP contribution in [-0.4, -0.2) is 117 Å². The first kappa shape index (κ1) is 27.2. The smallest absolute Gasteiger partial charge is 0.155 e. The maximum atomic E-state index is 6.19. The van der Waals surface area contributed by atoms with Crippen molar-refractivity contribution in [3.8, 4) is 0 Å². The predicted molar refractivity (Wildman–Crippen MR) is 114 cm³/mol. The average Bonchev–Trinajstić information content (AvgIpc) is 2.83. The van der Waals surface area contributed by atoms with Crippen molar-refractivity contribution in [3.05, 3.63) is 0 Å². The summed E-state index contributed by atoms with van der Waals surface area (Å²) in [5, 5.41) is 0. The standard InChI is InChI=1S/C22H40O11/c1-16-25-5-19(6-26-16)31-12-22(11-24-15-23-4,13-32-20-7-27-17(2)28-8-20)14-33-21-9-29-18(3)30-10-21/h16-21H,5-15H2,1-4H3. The van der Waals surface area contributed by atoms with E-state index in [2.05, 4.69) is 0 Å². The lowest BCUT2D eigenvalue weighted by Crippen LogP contribution is -2.48. The highest BCUT2D eigenvalue weighted by molar-refractivity contribution is 4.82. The molecule has 0 saturated carbocycles. The summed E-state index contributed by atoms with van der Waals surface area (Å²) in [5.74, 6) is 0. The lowest BCUT2D eigenvalue weighted by Gasteiger charge is -2.38. The van der Waals surface area contributed by atoms with Crippen LogP contribution in [0.2, 0.25) is 0 Å². The van der Waals surface area contributed by atoms with E-state index in [0.29, 0.717) is 66.1 Å². The second-order valence-electron chi connectivity index (χ2n) is 8.76. The molecule has 11 nitrogen and oxygen atoms in total. The first-order chi connectivity index (χ1) is 16.0. The van der Waals surface area contributed by atoms with Gasteiger partial charge in [-0.1, -0.05) is 0 Å². The number of hydrogen-bond donors (Lipinski definition) is 0. The molecule has 0 aliphatic carbocycles. The topological polar surface area (TPSA) is 102 Å². The van der Waals surface area contributed by atoms with E-state index in [1.165, 1.54) is 0 Å². The molecule has 3 aliphatic heterocycles. The molecule has 3 rings (SSSR count). The zero-order valence-electron chi connectivity index (χ0n) is 20.2. The van der Waals surface area contributed by atoms with Crippen molar-refractivity contribution >= 4 is 0 Å². The lowest BCUT2D eigenvalue weighted by molar-refractivity contribution is -0.252. The van der Waals surface area contributed by atoms with E-state index in [9.17, 15) is 0 Å². The van der Waals surface area contributed by atoms with E-state index in [0.717, 1.165) is 0 Å². The van der Waals surface area contributed by atoms with E-state index in [1.807, 2.05) is 20.8 Å². The van der Waals surface area contributed by atoms with Crippen molar-refractivity contribution in [1.82, 2.24) is 0 Å². The molecule has 3 heterocycles. The SMILES string of the molecule is COCOCC(COC1COC(C)OC1)(COC1COC(C)OC1)COC1COC(C)OC1. The molecule has 33 heavy (non-hydrogen) atoms. The number of methoxy groups -OCH3 is 1. The van der Waals surface area contributed by atoms with Gasteiger partial charge in [0, 0.05) is 7.11 Å². The molecule has 0 atom stereocenters. The summed E-state index contributed by atoms with van der Waals surface area (Å²) in [7, 11) is 1.58. The van der Waals surface area contributed by atoms with Gasteiger partial charge >= 0.3 is 0 Å². The zero-order chi connectivity index (χ0) is 23.5. The summed E-state index contributed by atoms with van der Waals surface area (Å²) < 4.78 is 62.8. The summed E-state index contributed by atoms with van der Waals surface area (Å²) in [4.78, 5) is 0. The third-order valence-electron chi connectivity index (χ3n) is 5.59. The lowest BCUT2D eigenvalue weighted by atomic mass is 9.91. The Morgan fingerprint density at radius 3 is 1.21 bits per heavy atom. The van der Waals surface area contributed by atoms with Crippen LogP contribution in [0.25, 0.3) is 0 Å². The molecule has 11 heteroatoms. The van der Waals surface area contributed by atoms with Crippen molar-refractivity contribution in [3.63, 3.8) is 0 Å². The minimum Gasteiger partial charge on any atom is -0.373 e. The molecule has 0 aromatic carbocycles. The predicted octanol–water partition coefficient (Wildman–Crippen LogP) is 0.927. The highest BCUT2D eigenvalue weighted by atomic mass is 16.7. The Bertz CT molecular complexity index is 448. The first-order valence-corrected chi connectivity index (χ1v) is 11.6. The minimum absolute atomic E-state index is 0.148. The molecule has 0 aromatic rings. The van der Waals surface area contributed by atoms with Crippen molar-refractivity contribution in [2.24, 2.45) is 5.41 Å². The second-order valence-corrected chi connectivity index (χ2v) is 8.76. The largest absolute Gasteiger partial charge is 0.373 e.